The average Bonchev–Trinajstić information content (AvgIpc) is 2.27. The van der Waals surface area contributed by atoms with E-state index in [4.69, 9.17) is 18.0 Å². The summed E-state index contributed by atoms with van der Waals surface area (Å²) in [6.07, 6.45) is 1.90. The van der Waals surface area contributed by atoms with Gasteiger partial charge in [0.05, 0.1) is 16.5 Å². The van der Waals surface area contributed by atoms with Gasteiger partial charge in [-0.1, -0.05) is 26.1 Å². The number of amides is 1. The molecule has 0 aromatic heterocycles. The van der Waals surface area contributed by atoms with E-state index in [9.17, 15) is 9.90 Å². The van der Waals surface area contributed by atoms with Crippen molar-refractivity contribution >= 4 is 23.1 Å². The van der Waals surface area contributed by atoms with Gasteiger partial charge in [0, 0.05) is 13.1 Å². The van der Waals surface area contributed by atoms with Crippen molar-refractivity contribution in [2.75, 3.05) is 13.1 Å². The number of rotatable bonds is 2. The summed E-state index contributed by atoms with van der Waals surface area (Å²) in [5.41, 5.74) is 5.20. The lowest BCUT2D eigenvalue weighted by atomic mass is 9.61. The number of thiocarbonyl (C=S) groups is 1. The van der Waals surface area contributed by atoms with Crippen LogP contribution < -0.4 is 5.73 Å². The van der Waals surface area contributed by atoms with Crippen molar-refractivity contribution in [1.29, 1.82) is 0 Å². The molecule has 18 heavy (non-hydrogen) atoms. The highest BCUT2D eigenvalue weighted by molar-refractivity contribution is 7.80. The van der Waals surface area contributed by atoms with E-state index in [1.54, 1.807) is 0 Å². The summed E-state index contributed by atoms with van der Waals surface area (Å²) < 4.78 is 0. The summed E-state index contributed by atoms with van der Waals surface area (Å²) in [5, 5.41) is 9.71. The van der Waals surface area contributed by atoms with Crippen LogP contribution in [0.4, 0.5) is 0 Å². The summed E-state index contributed by atoms with van der Waals surface area (Å²) in [7, 11) is 0. The molecule has 2 fully saturated rings. The lowest BCUT2D eigenvalue weighted by molar-refractivity contribution is -0.147. The molecule has 2 unspecified atom stereocenters. The van der Waals surface area contributed by atoms with Crippen LogP contribution in [0.15, 0.2) is 0 Å². The molecule has 1 saturated heterocycles. The number of hydrogen-bond acceptors (Lipinski definition) is 3. The van der Waals surface area contributed by atoms with Gasteiger partial charge in [0.2, 0.25) is 5.91 Å². The zero-order valence-electron chi connectivity index (χ0n) is 11.1. The van der Waals surface area contributed by atoms with Gasteiger partial charge in [-0.15, -0.1) is 0 Å². The fourth-order valence-corrected chi connectivity index (χ4v) is 3.49. The molecular formula is C13H22N2O2S. The van der Waals surface area contributed by atoms with Crippen LogP contribution in [0, 0.1) is 17.3 Å². The van der Waals surface area contributed by atoms with E-state index in [-0.39, 0.29) is 17.9 Å². The lowest BCUT2D eigenvalue weighted by Gasteiger charge is -2.48. The number of aliphatic hydroxyl groups is 1. The minimum Gasteiger partial charge on any atom is -0.393 e. The normalized spacial score (nSPS) is 40.2. The molecule has 3 N–H and O–H groups in total. The third-order valence-electron chi connectivity index (χ3n) is 4.42. The molecule has 1 aliphatic carbocycles. The Balaban J connectivity index is 2.09. The Hall–Kier alpha value is -0.680. The first-order chi connectivity index (χ1) is 8.36. The fourth-order valence-electron chi connectivity index (χ4n) is 3.23. The van der Waals surface area contributed by atoms with E-state index in [2.05, 4.69) is 6.92 Å². The Bertz CT molecular complexity index is 366. The summed E-state index contributed by atoms with van der Waals surface area (Å²) >= 11 is 5.11. The highest BCUT2D eigenvalue weighted by Crippen LogP contribution is 2.47. The molecule has 0 radical (unpaired) electrons. The van der Waals surface area contributed by atoms with Gasteiger partial charge in [0.15, 0.2) is 0 Å². The van der Waals surface area contributed by atoms with Crippen LogP contribution in [0.2, 0.25) is 0 Å². The van der Waals surface area contributed by atoms with Gasteiger partial charge in [0.25, 0.3) is 0 Å². The molecule has 0 bridgehead atoms. The molecule has 1 heterocycles. The summed E-state index contributed by atoms with van der Waals surface area (Å²) in [4.78, 5) is 14.8. The number of nitrogens with two attached hydrogens (primary N) is 1. The smallest absolute Gasteiger partial charge is 0.235 e. The molecule has 2 atom stereocenters. The van der Waals surface area contributed by atoms with Gasteiger partial charge >= 0.3 is 0 Å². The van der Waals surface area contributed by atoms with E-state index in [1.165, 1.54) is 0 Å². The Morgan fingerprint density at radius 2 is 2.06 bits per heavy atom. The number of piperidine rings is 1. The van der Waals surface area contributed by atoms with E-state index < -0.39 is 5.41 Å². The predicted octanol–water partition coefficient (Wildman–Crippen LogP) is 0.918. The minimum absolute atomic E-state index is 0.0758. The quantitative estimate of drug-likeness (QED) is 0.732. The molecule has 2 aliphatic rings. The number of carbonyl (C=O) groups excluding carboxylic acids is 1. The largest absolute Gasteiger partial charge is 0.393 e. The summed E-state index contributed by atoms with van der Waals surface area (Å²) in [6, 6.07) is 0. The first-order valence-electron chi connectivity index (χ1n) is 6.64. The molecule has 1 aliphatic heterocycles. The molecule has 1 amide bonds. The number of likely N-dealkylation sites (tertiary alicyclic amines) is 1. The Kier molecular flexibility index (Phi) is 3.65. The molecular weight excluding hydrogens is 248 g/mol. The number of hydrogen-bond donors (Lipinski definition) is 2. The molecule has 0 spiro atoms. The number of nitrogens with zero attached hydrogens (tertiary/aromatic N) is 1. The van der Waals surface area contributed by atoms with E-state index >= 15 is 0 Å². The van der Waals surface area contributed by atoms with Gasteiger partial charge in [-0.2, -0.15) is 0 Å². The second kappa shape index (κ2) is 4.78. The van der Waals surface area contributed by atoms with Gasteiger partial charge in [0.1, 0.15) is 0 Å². The van der Waals surface area contributed by atoms with Crippen molar-refractivity contribution in [2.45, 2.75) is 39.2 Å². The first kappa shape index (κ1) is 13.7. The van der Waals surface area contributed by atoms with Crippen molar-refractivity contribution in [1.82, 2.24) is 4.90 Å². The van der Waals surface area contributed by atoms with Crippen LogP contribution >= 0.6 is 12.2 Å². The van der Waals surface area contributed by atoms with Gasteiger partial charge in [-0.05, 0) is 31.1 Å². The maximum atomic E-state index is 12.6. The molecule has 0 aromatic rings. The van der Waals surface area contributed by atoms with Crippen molar-refractivity contribution in [3.63, 3.8) is 0 Å². The first-order valence-corrected chi connectivity index (χ1v) is 7.05. The van der Waals surface area contributed by atoms with Crippen molar-refractivity contribution < 1.29 is 9.90 Å². The van der Waals surface area contributed by atoms with Crippen molar-refractivity contribution in [3.05, 3.63) is 0 Å². The molecule has 1 saturated carbocycles. The molecule has 2 rings (SSSR count). The predicted molar refractivity (Wildman–Crippen MR) is 74.0 cm³/mol. The SMILES string of the molecule is CC1CC(C(=O)N2CCC(O)C(C)C2)(C(N)=S)C1. The number of carbonyl (C=O) groups is 1. The maximum Gasteiger partial charge on any atom is 0.235 e. The van der Waals surface area contributed by atoms with E-state index in [0.29, 0.717) is 30.4 Å². The molecule has 4 nitrogen and oxygen atoms in total. The topological polar surface area (TPSA) is 66.6 Å². The summed E-state index contributed by atoms with van der Waals surface area (Å²) in [6.45, 7) is 5.31. The van der Waals surface area contributed by atoms with Crippen LogP contribution in [0.25, 0.3) is 0 Å². The minimum atomic E-state index is -0.600. The van der Waals surface area contributed by atoms with Crippen LogP contribution in [0.5, 0.6) is 0 Å². The monoisotopic (exact) mass is 270 g/mol. The van der Waals surface area contributed by atoms with E-state index in [1.807, 2.05) is 11.8 Å². The molecule has 102 valence electrons. The fraction of sp³-hybridized carbons (Fsp3) is 0.846. The lowest BCUT2D eigenvalue weighted by Crippen LogP contribution is -2.59. The third kappa shape index (κ3) is 2.14. The molecule has 0 aromatic carbocycles. The van der Waals surface area contributed by atoms with Crippen molar-refractivity contribution in [3.8, 4) is 0 Å². The Labute approximate surface area is 114 Å². The standard InChI is InChI=1S/C13H22N2O2S/c1-8-5-13(6-8,11(14)18)12(17)15-4-3-10(16)9(2)7-15/h8-10,16H,3-7H2,1-2H3,(H2,14,18). The van der Waals surface area contributed by atoms with Crippen LogP contribution in [-0.4, -0.2) is 40.1 Å². The van der Waals surface area contributed by atoms with Gasteiger partial charge in [-0.3, -0.25) is 4.79 Å². The van der Waals surface area contributed by atoms with Crippen molar-refractivity contribution in [2.24, 2.45) is 23.0 Å². The van der Waals surface area contributed by atoms with E-state index in [0.717, 1.165) is 12.8 Å². The average molecular weight is 270 g/mol. The third-order valence-corrected chi connectivity index (χ3v) is 4.81. The second-order valence-electron chi connectivity index (χ2n) is 6.04. The Morgan fingerprint density at radius 1 is 1.44 bits per heavy atom. The van der Waals surface area contributed by atoms with Gasteiger partial charge < -0.3 is 15.7 Å². The van der Waals surface area contributed by atoms with Crippen LogP contribution in [-0.2, 0) is 4.79 Å². The highest BCUT2D eigenvalue weighted by atomic mass is 32.1. The van der Waals surface area contributed by atoms with Crippen LogP contribution in [0.3, 0.4) is 0 Å². The van der Waals surface area contributed by atoms with Gasteiger partial charge in [-0.25, -0.2) is 0 Å². The van der Waals surface area contributed by atoms with Crippen LogP contribution in [0.1, 0.15) is 33.1 Å². The molecule has 5 heteroatoms. The summed E-state index contributed by atoms with van der Waals surface area (Å²) in [5.74, 6) is 0.721. The zero-order chi connectivity index (χ0) is 13.5. The highest BCUT2D eigenvalue weighted by Gasteiger charge is 2.52. The Morgan fingerprint density at radius 3 is 2.50 bits per heavy atom. The second-order valence-corrected chi connectivity index (χ2v) is 6.48. The maximum absolute atomic E-state index is 12.6. The number of aliphatic hydroxyl groups excluding tert-OH is 1. The zero-order valence-corrected chi connectivity index (χ0v) is 11.9.